The molecule has 9 nitrogen and oxygen atoms in total. The predicted molar refractivity (Wildman–Crippen MR) is 166 cm³/mol. The molecule has 0 saturated carbocycles. The number of aryl methyl sites for hydroxylation is 1. The maximum Gasteiger partial charge on any atom is 0.573 e. The highest BCUT2D eigenvalue weighted by molar-refractivity contribution is 8.15. The molecule has 0 atom stereocenters. The molecule has 3 aromatic carbocycles. The van der Waals surface area contributed by atoms with Crippen LogP contribution in [0.5, 0.6) is 5.75 Å². The topological polar surface area (TPSA) is 106 Å². The molecule has 3 heterocycles. The zero-order valence-corrected chi connectivity index (χ0v) is 25.9. The first kappa shape index (κ1) is 30.6. The highest BCUT2D eigenvalue weighted by atomic mass is 32.2. The highest BCUT2D eigenvalue weighted by Gasteiger charge is 2.35. The second-order valence-corrected chi connectivity index (χ2v) is 13.6. The molecule has 1 saturated heterocycles. The van der Waals surface area contributed by atoms with Gasteiger partial charge in [0.15, 0.2) is 15.0 Å². The summed E-state index contributed by atoms with van der Waals surface area (Å²) < 4.78 is 70.3. The minimum Gasteiger partial charge on any atom is -0.406 e. The lowest BCUT2D eigenvalue weighted by Gasteiger charge is -2.18. The Morgan fingerprint density at radius 1 is 1.07 bits per heavy atom. The van der Waals surface area contributed by atoms with Gasteiger partial charge in [0.05, 0.1) is 39.7 Å². The normalized spacial score (nSPS) is 16.9. The van der Waals surface area contributed by atoms with Crippen molar-refractivity contribution in [2.75, 3.05) is 5.75 Å². The highest BCUT2D eigenvalue weighted by Crippen LogP contribution is 2.42. The van der Waals surface area contributed by atoms with Crippen LogP contribution in [0.3, 0.4) is 0 Å². The molecule has 232 valence electrons. The number of alkyl halides is 3. The van der Waals surface area contributed by atoms with Crippen molar-refractivity contribution in [2.24, 2.45) is 17.1 Å². The van der Waals surface area contributed by atoms with Gasteiger partial charge in [-0.25, -0.2) is 13.4 Å². The maximum absolute atomic E-state index is 13.5. The molecule has 0 aliphatic carbocycles. The van der Waals surface area contributed by atoms with Gasteiger partial charge in [0.1, 0.15) is 5.75 Å². The van der Waals surface area contributed by atoms with E-state index in [4.69, 9.17) is 4.99 Å². The Morgan fingerprint density at radius 3 is 2.51 bits per heavy atom. The second kappa shape index (κ2) is 11.5. The molecular weight excluding hydrogens is 628 g/mol. The summed E-state index contributed by atoms with van der Waals surface area (Å²) in [6.07, 6.45) is -3.40. The van der Waals surface area contributed by atoms with E-state index in [1.54, 1.807) is 19.2 Å². The number of carbonyl (C=O) groups is 1. The molecule has 0 radical (unpaired) electrons. The van der Waals surface area contributed by atoms with Crippen LogP contribution >= 0.6 is 11.8 Å². The summed E-state index contributed by atoms with van der Waals surface area (Å²) in [6.45, 7) is 4.13. The molecule has 2 aliphatic heterocycles. The Labute approximate surface area is 261 Å². The molecular formula is C31H26F3N5O4S2. The first-order chi connectivity index (χ1) is 21.3. The number of halogens is 3. The van der Waals surface area contributed by atoms with E-state index in [1.807, 2.05) is 24.3 Å². The van der Waals surface area contributed by atoms with E-state index in [0.29, 0.717) is 38.8 Å². The maximum atomic E-state index is 13.5. The fourth-order valence-electron chi connectivity index (χ4n) is 5.29. The summed E-state index contributed by atoms with van der Waals surface area (Å²) >= 11 is 1.28. The van der Waals surface area contributed by atoms with Gasteiger partial charge in [-0.1, -0.05) is 55.9 Å². The Balaban J connectivity index is 1.31. The molecule has 6 rings (SSSR count). The first-order valence-electron chi connectivity index (χ1n) is 13.8. The fraction of sp³-hybridized carbons (Fsp3) is 0.226. The van der Waals surface area contributed by atoms with Crippen LogP contribution < -0.4 is 4.74 Å². The number of rotatable bonds is 6. The lowest BCUT2D eigenvalue weighted by molar-refractivity contribution is -0.274. The summed E-state index contributed by atoms with van der Waals surface area (Å²) in [6, 6.07) is 17.7. The monoisotopic (exact) mass is 653 g/mol. The summed E-state index contributed by atoms with van der Waals surface area (Å²) in [5.41, 5.74) is 4.51. The smallest absolute Gasteiger partial charge is 0.406 e. The van der Waals surface area contributed by atoms with E-state index in [1.165, 1.54) is 58.0 Å². The molecule has 0 bridgehead atoms. The summed E-state index contributed by atoms with van der Waals surface area (Å²) in [4.78, 5) is 17.4. The van der Waals surface area contributed by atoms with Crippen LogP contribution in [0.2, 0.25) is 0 Å². The fourth-order valence-corrected chi connectivity index (χ4v) is 7.72. The number of hydrogen-bond donors (Lipinski definition) is 0. The van der Waals surface area contributed by atoms with Crippen LogP contribution in [0, 0.1) is 0 Å². The molecule has 2 aliphatic rings. The van der Waals surface area contributed by atoms with Gasteiger partial charge in [-0.15, -0.1) is 13.2 Å². The molecule has 4 aromatic rings. The number of para-hydroxylation sites is 1. The average molecular weight is 654 g/mol. The number of aliphatic imine (C=N–C) groups is 1. The molecule has 1 aromatic heterocycles. The number of nitrogens with zero attached hydrogens (tertiary/aromatic N) is 5. The zero-order valence-electron chi connectivity index (χ0n) is 24.2. The largest absolute Gasteiger partial charge is 0.573 e. The van der Waals surface area contributed by atoms with Crippen molar-refractivity contribution in [3.05, 3.63) is 83.4 Å². The van der Waals surface area contributed by atoms with E-state index in [-0.39, 0.29) is 34.0 Å². The van der Waals surface area contributed by atoms with Crippen LogP contribution in [0.25, 0.3) is 22.5 Å². The first-order valence-corrected chi connectivity index (χ1v) is 16.4. The van der Waals surface area contributed by atoms with Crippen LogP contribution in [0.4, 0.5) is 18.9 Å². The average Bonchev–Trinajstić information content (AvgIpc) is 3.49. The number of amides is 1. The third kappa shape index (κ3) is 6.12. The van der Waals surface area contributed by atoms with E-state index in [9.17, 15) is 26.4 Å². The Bertz CT molecular complexity index is 1980. The zero-order chi connectivity index (χ0) is 32.1. The molecule has 14 heteroatoms. The Kier molecular flexibility index (Phi) is 7.81. The summed E-state index contributed by atoms with van der Waals surface area (Å²) in [5, 5.41) is 10.6. The SMILES string of the molecule is CC(C)c1ccccc1/N=C1\SCC(=O)N1/N=C/c1ccc2c(c1)S(=O)(=O)Cc1c-2nn(C)c1-c1ccc(OC(F)(F)F)cc1. The van der Waals surface area contributed by atoms with E-state index in [0.717, 1.165) is 11.3 Å². The lowest BCUT2D eigenvalue weighted by Crippen LogP contribution is -2.24. The number of hydrazone groups is 1. The third-order valence-electron chi connectivity index (χ3n) is 7.28. The van der Waals surface area contributed by atoms with Crippen molar-refractivity contribution in [1.29, 1.82) is 0 Å². The standard InChI is InChI=1S/C31H26F3N5O4S2/c1-18(2)22-6-4-5-7-25(22)36-30-39(27(40)16-44-30)35-15-19-8-13-23-26(14-19)45(41,42)17-24-28(23)37-38(3)29(24)20-9-11-21(12-10-20)43-31(32,33)34/h4-15,18H,16-17H2,1-3H3/b35-15+,36-30-. The number of aromatic nitrogens is 2. The summed E-state index contributed by atoms with van der Waals surface area (Å²) in [7, 11) is -2.19. The van der Waals surface area contributed by atoms with Gasteiger partial charge in [0.2, 0.25) is 0 Å². The van der Waals surface area contributed by atoms with Gasteiger partial charge in [-0.3, -0.25) is 9.48 Å². The number of hydrogen-bond acceptors (Lipinski definition) is 8. The number of amidine groups is 1. The number of fused-ring (bicyclic) bond motifs is 3. The van der Waals surface area contributed by atoms with Gasteiger partial charge >= 0.3 is 6.36 Å². The van der Waals surface area contributed by atoms with Crippen molar-refractivity contribution in [3.8, 4) is 28.3 Å². The van der Waals surface area contributed by atoms with Gasteiger partial charge in [-0.2, -0.15) is 15.2 Å². The second-order valence-electron chi connectivity index (χ2n) is 10.7. The Hall–Kier alpha value is -4.43. The minimum absolute atomic E-state index is 0.0689. The van der Waals surface area contributed by atoms with E-state index < -0.39 is 16.2 Å². The molecule has 45 heavy (non-hydrogen) atoms. The van der Waals surface area contributed by atoms with Gasteiger partial charge in [0, 0.05) is 23.7 Å². The van der Waals surface area contributed by atoms with E-state index in [2.05, 4.69) is 28.8 Å². The van der Waals surface area contributed by atoms with Crippen molar-refractivity contribution in [3.63, 3.8) is 0 Å². The molecule has 1 fully saturated rings. The van der Waals surface area contributed by atoms with Crippen molar-refractivity contribution in [1.82, 2.24) is 14.8 Å². The number of carbonyl (C=O) groups excluding carboxylic acids is 1. The Morgan fingerprint density at radius 2 is 1.80 bits per heavy atom. The number of sulfone groups is 1. The van der Waals surface area contributed by atoms with Crippen LogP contribution in [0.1, 0.15) is 36.5 Å². The van der Waals surface area contributed by atoms with Crippen LogP contribution in [-0.2, 0) is 27.4 Å². The van der Waals surface area contributed by atoms with Crippen molar-refractivity contribution >= 4 is 44.6 Å². The predicted octanol–water partition coefficient (Wildman–Crippen LogP) is 6.66. The number of ether oxygens (including phenoxy) is 1. The molecule has 0 N–H and O–H groups in total. The molecule has 1 amide bonds. The molecule has 0 spiro atoms. The van der Waals surface area contributed by atoms with Gasteiger partial charge in [0.25, 0.3) is 5.91 Å². The van der Waals surface area contributed by atoms with E-state index >= 15 is 0 Å². The van der Waals surface area contributed by atoms with Gasteiger partial charge in [-0.05, 0) is 53.4 Å². The number of benzene rings is 3. The van der Waals surface area contributed by atoms with Gasteiger partial charge < -0.3 is 4.74 Å². The summed E-state index contributed by atoms with van der Waals surface area (Å²) in [5.74, 6) is -0.570. The van der Waals surface area contributed by atoms with Crippen molar-refractivity contribution in [2.45, 2.75) is 36.8 Å². The van der Waals surface area contributed by atoms with Crippen molar-refractivity contribution < 1.29 is 31.1 Å². The third-order valence-corrected chi connectivity index (χ3v) is 9.87. The lowest BCUT2D eigenvalue weighted by atomic mass is 10.0. The minimum atomic E-state index is -4.83. The molecule has 0 unspecified atom stereocenters. The quantitative estimate of drug-likeness (QED) is 0.216. The van der Waals surface area contributed by atoms with Crippen LogP contribution in [0.15, 0.2) is 81.7 Å². The van der Waals surface area contributed by atoms with Crippen LogP contribution in [-0.4, -0.2) is 52.6 Å². The number of thioether (sulfide) groups is 1.